The van der Waals surface area contributed by atoms with Gasteiger partial charge in [0.15, 0.2) is 0 Å². The first-order chi connectivity index (χ1) is 11.9. The molecule has 2 aromatic rings. The molecule has 3 rings (SSSR count). The van der Waals surface area contributed by atoms with Crippen LogP contribution in [0.1, 0.15) is 18.1 Å². The molecule has 1 aliphatic rings. The van der Waals surface area contributed by atoms with E-state index in [9.17, 15) is 13.2 Å². The minimum Gasteiger partial charge on any atom is -0.497 e. The number of sulfonamides is 1. The minimum absolute atomic E-state index is 0.0377. The van der Waals surface area contributed by atoms with Crippen molar-refractivity contribution in [2.75, 3.05) is 23.3 Å². The maximum Gasteiger partial charge on any atom is 0.236 e. The van der Waals surface area contributed by atoms with Crippen LogP contribution < -0.4 is 14.4 Å². The molecule has 25 heavy (non-hydrogen) atoms. The molecule has 132 valence electrons. The molecule has 0 unspecified atom stereocenters. The summed E-state index contributed by atoms with van der Waals surface area (Å²) in [6.07, 6.45) is 0.303. The number of likely N-dealkylation sites (N-methyl/N-ethyl adjacent to an activating group) is 1. The van der Waals surface area contributed by atoms with Crippen LogP contribution in [-0.2, 0) is 27.0 Å². The van der Waals surface area contributed by atoms with Crippen molar-refractivity contribution >= 4 is 27.3 Å². The average Bonchev–Trinajstić information content (AvgIpc) is 2.89. The van der Waals surface area contributed by atoms with Gasteiger partial charge in [0.1, 0.15) is 5.75 Å². The summed E-state index contributed by atoms with van der Waals surface area (Å²) in [7, 11) is -1.99. The maximum atomic E-state index is 12.4. The van der Waals surface area contributed by atoms with Gasteiger partial charge in [0.25, 0.3) is 0 Å². The molecule has 1 N–H and O–H groups in total. The predicted octanol–water partition coefficient (Wildman–Crippen LogP) is 2.55. The van der Waals surface area contributed by atoms with Crippen LogP contribution in [0.5, 0.6) is 5.75 Å². The molecule has 7 heteroatoms. The van der Waals surface area contributed by atoms with E-state index in [2.05, 4.69) is 4.72 Å². The van der Waals surface area contributed by atoms with Crippen molar-refractivity contribution in [1.29, 1.82) is 0 Å². The number of methoxy groups -OCH3 is 1. The summed E-state index contributed by atoms with van der Waals surface area (Å²) >= 11 is 0. The summed E-state index contributed by atoms with van der Waals surface area (Å²) in [4.78, 5) is 13.6. The molecule has 0 fully saturated rings. The Balaban J connectivity index is 1.75. The van der Waals surface area contributed by atoms with Crippen LogP contribution in [0.15, 0.2) is 42.5 Å². The standard InChI is InChI=1S/C18H20N2O4S/c1-3-20-17-9-6-15(10-14(17)11-18(20)21)19-25(22,23)12-13-4-7-16(24-2)8-5-13/h4-10,19H,3,11-12H2,1-2H3. The number of hydrogen-bond donors (Lipinski definition) is 1. The molecule has 6 nitrogen and oxygen atoms in total. The number of carbonyl (C=O) groups excluding carboxylic acids is 1. The number of fused-ring (bicyclic) bond motifs is 1. The molecule has 1 heterocycles. The Bertz CT molecular complexity index is 892. The molecule has 1 aliphatic heterocycles. The van der Waals surface area contributed by atoms with Crippen molar-refractivity contribution in [1.82, 2.24) is 0 Å². The molecule has 0 radical (unpaired) electrons. The number of rotatable bonds is 6. The largest absolute Gasteiger partial charge is 0.497 e. The van der Waals surface area contributed by atoms with Crippen LogP contribution in [0, 0.1) is 0 Å². The van der Waals surface area contributed by atoms with Gasteiger partial charge in [-0.05, 0) is 48.4 Å². The summed E-state index contributed by atoms with van der Waals surface area (Å²) in [6, 6.07) is 12.1. The van der Waals surface area contributed by atoms with Gasteiger partial charge in [-0.3, -0.25) is 9.52 Å². The van der Waals surface area contributed by atoms with Crippen molar-refractivity contribution in [3.63, 3.8) is 0 Å². The fourth-order valence-electron chi connectivity index (χ4n) is 2.95. The van der Waals surface area contributed by atoms with E-state index in [1.54, 1.807) is 54.5 Å². The Morgan fingerprint density at radius 3 is 2.52 bits per heavy atom. The molecule has 0 spiro atoms. The van der Waals surface area contributed by atoms with Crippen molar-refractivity contribution in [2.45, 2.75) is 19.1 Å². The lowest BCUT2D eigenvalue weighted by molar-refractivity contribution is -0.117. The van der Waals surface area contributed by atoms with Crippen LogP contribution in [0.2, 0.25) is 0 Å². The van der Waals surface area contributed by atoms with Crippen LogP contribution in [0.4, 0.5) is 11.4 Å². The smallest absolute Gasteiger partial charge is 0.236 e. The topological polar surface area (TPSA) is 75.7 Å². The van der Waals surface area contributed by atoms with E-state index in [4.69, 9.17) is 4.74 Å². The number of anilines is 2. The van der Waals surface area contributed by atoms with E-state index in [-0.39, 0.29) is 11.7 Å². The first-order valence-corrected chi connectivity index (χ1v) is 9.64. The van der Waals surface area contributed by atoms with E-state index in [0.29, 0.717) is 30.0 Å². The third-order valence-electron chi connectivity index (χ3n) is 4.12. The second-order valence-corrected chi connectivity index (χ2v) is 7.59. The molecule has 2 aromatic carbocycles. The van der Waals surface area contributed by atoms with Crippen LogP contribution in [0.3, 0.4) is 0 Å². The number of ether oxygens (including phenoxy) is 1. The summed E-state index contributed by atoms with van der Waals surface area (Å²) < 4.78 is 32.4. The van der Waals surface area contributed by atoms with Crippen LogP contribution in [-0.4, -0.2) is 28.0 Å². The maximum absolute atomic E-state index is 12.4. The third kappa shape index (κ3) is 3.76. The molecular formula is C18H20N2O4S. The first kappa shape index (κ1) is 17.3. The lowest BCUT2D eigenvalue weighted by Gasteiger charge is -2.15. The second-order valence-electron chi connectivity index (χ2n) is 5.87. The van der Waals surface area contributed by atoms with E-state index < -0.39 is 10.0 Å². The molecule has 0 bridgehead atoms. The van der Waals surface area contributed by atoms with Gasteiger partial charge in [-0.25, -0.2) is 8.42 Å². The van der Waals surface area contributed by atoms with Crippen LogP contribution in [0.25, 0.3) is 0 Å². The van der Waals surface area contributed by atoms with Gasteiger partial charge in [-0.2, -0.15) is 0 Å². The van der Waals surface area contributed by atoms with Crippen molar-refractivity contribution in [3.05, 3.63) is 53.6 Å². The average molecular weight is 360 g/mol. The van der Waals surface area contributed by atoms with Gasteiger partial charge in [0, 0.05) is 17.9 Å². The summed E-state index contributed by atoms with van der Waals surface area (Å²) in [6.45, 7) is 2.52. The summed E-state index contributed by atoms with van der Waals surface area (Å²) in [5.74, 6) is 0.585. The highest BCUT2D eigenvalue weighted by Crippen LogP contribution is 2.31. The zero-order valence-electron chi connectivity index (χ0n) is 14.2. The van der Waals surface area contributed by atoms with Gasteiger partial charge in [0.2, 0.25) is 15.9 Å². The van der Waals surface area contributed by atoms with Gasteiger partial charge >= 0.3 is 0 Å². The third-order valence-corrected chi connectivity index (χ3v) is 5.38. The fourth-order valence-corrected chi connectivity index (χ4v) is 4.14. The van der Waals surface area contributed by atoms with E-state index in [1.165, 1.54) is 0 Å². The van der Waals surface area contributed by atoms with Gasteiger partial charge < -0.3 is 9.64 Å². The quantitative estimate of drug-likeness (QED) is 0.859. The lowest BCUT2D eigenvalue weighted by atomic mass is 10.1. The molecule has 0 saturated carbocycles. The summed E-state index contributed by atoms with van der Waals surface area (Å²) in [5, 5.41) is 0. The monoisotopic (exact) mass is 360 g/mol. The Kier molecular flexibility index (Phi) is 4.67. The SMILES string of the molecule is CCN1C(=O)Cc2cc(NS(=O)(=O)Cc3ccc(OC)cc3)ccc21. The number of hydrogen-bond acceptors (Lipinski definition) is 4. The zero-order chi connectivity index (χ0) is 18.0. The van der Waals surface area contributed by atoms with E-state index in [0.717, 1.165) is 11.3 Å². The van der Waals surface area contributed by atoms with Gasteiger partial charge in [-0.1, -0.05) is 12.1 Å². The van der Waals surface area contributed by atoms with Gasteiger partial charge in [0.05, 0.1) is 19.3 Å². The van der Waals surface area contributed by atoms with Crippen molar-refractivity contribution < 1.29 is 17.9 Å². The molecule has 0 atom stereocenters. The number of benzene rings is 2. The van der Waals surface area contributed by atoms with Crippen LogP contribution >= 0.6 is 0 Å². The lowest BCUT2D eigenvalue weighted by Crippen LogP contribution is -2.25. The minimum atomic E-state index is -3.55. The number of nitrogens with one attached hydrogen (secondary N) is 1. The normalized spacial score (nSPS) is 13.7. The first-order valence-electron chi connectivity index (χ1n) is 7.98. The van der Waals surface area contributed by atoms with E-state index >= 15 is 0 Å². The Hall–Kier alpha value is -2.54. The van der Waals surface area contributed by atoms with E-state index in [1.807, 2.05) is 6.92 Å². The highest BCUT2D eigenvalue weighted by Gasteiger charge is 2.26. The van der Waals surface area contributed by atoms with Crippen molar-refractivity contribution in [2.24, 2.45) is 0 Å². The predicted molar refractivity (Wildman–Crippen MR) is 97.4 cm³/mol. The molecule has 0 saturated heterocycles. The molecule has 0 aliphatic carbocycles. The Labute approximate surface area is 147 Å². The van der Waals surface area contributed by atoms with Crippen molar-refractivity contribution in [3.8, 4) is 5.75 Å². The summed E-state index contributed by atoms with van der Waals surface area (Å²) in [5.41, 5.74) is 2.84. The molecule has 0 aromatic heterocycles. The Morgan fingerprint density at radius 2 is 1.88 bits per heavy atom. The second kappa shape index (κ2) is 6.76. The Morgan fingerprint density at radius 1 is 1.16 bits per heavy atom. The molecule has 1 amide bonds. The zero-order valence-corrected chi connectivity index (χ0v) is 15.0. The highest BCUT2D eigenvalue weighted by atomic mass is 32.2. The molecular weight excluding hydrogens is 340 g/mol. The number of carbonyl (C=O) groups is 1. The highest BCUT2D eigenvalue weighted by molar-refractivity contribution is 7.91. The number of amides is 1. The number of nitrogens with zero attached hydrogens (tertiary/aromatic N) is 1. The van der Waals surface area contributed by atoms with Gasteiger partial charge in [-0.15, -0.1) is 0 Å². The fraction of sp³-hybridized carbons (Fsp3) is 0.278.